The predicted octanol–water partition coefficient (Wildman–Crippen LogP) is 2.19. The Morgan fingerprint density at radius 3 is 2.68 bits per heavy atom. The SMILES string of the molecule is NCCc1nc2ncccc2cc1-c1ccccn1. The third kappa shape index (κ3) is 2.30. The molecule has 0 aliphatic carbocycles. The summed E-state index contributed by atoms with van der Waals surface area (Å²) in [5, 5.41) is 1.02. The van der Waals surface area contributed by atoms with E-state index in [4.69, 9.17) is 5.73 Å². The van der Waals surface area contributed by atoms with Crippen LogP contribution in [0.3, 0.4) is 0 Å². The van der Waals surface area contributed by atoms with Gasteiger partial charge in [0, 0.05) is 29.8 Å². The lowest BCUT2D eigenvalue weighted by Gasteiger charge is -2.09. The van der Waals surface area contributed by atoms with Crippen LogP contribution in [0.5, 0.6) is 0 Å². The third-order valence-corrected chi connectivity index (χ3v) is 2.99. The summed E-state index contributed by atoms with van der Waals surface area (Å²) in [6.07, 6.45) is 4.26. The molecule has 2 N–H and O–H groups in total. The van der Waals surface area contributed by atoms with Crippen LogP contribution in [-0.2, 0) is 6.42 Å². The van der Waals surface area contributed by atoms with Gasteiger partial charge in [0.15, 0.2) is 5.65 Å². The zero-order valence-corrected chi connectivity index (χ0v) is 10.5. The van der Waals surface area contributed by atoms with E-state index in [9.17, 15) is 0 Å². The normalized spacial score (nSPS) is 10.8. The zero-order valence-electron chi connectivity index (χ0n) is 10.5. The minimum absolute atomic E-state index is 0.561. The fourth-order valence-corrected chi connectivity index (χ4v) is 2.11. The summed E-state index contributed by atoms with van der Waals surface area (Å²) >= 11 is 0. The fraction of sp³-hybridized carbons (Fsp3) is 0.133. The highest BCUT2D eigenvalue weighted by molar-refractivity contribution is 5.81. The second-order valence-electron chi connectivity index (χ2n) is 4.29. The molecule has 0 atom stereocenters. The van der Waals surface area contributed by atoms with Gasteiger partial charge in [0.25, 0.3) is 0 Å². The molecule has 94 valence electrons. The van der Waals surface area contributed by atoms with Crippen molar-refractivity contribution in [1.29, 1.82) is 0 Å². The topological polar surface area (TPSA) is 64.7 Å². The van der Waals surface area contributed by atoms with Crippen LogP contribution in [0.4, 0.5) is 0 Å². The molecular formula is C15H14N4. The maximum absolute atomic E-state index is 5.67. The lowest BCUT2D eigenvalue weighted by atomic mass is 10.1. The van der Waals surface area contributed by atoms with Crippen LogP contribution in [0.2, 0.25) is 0 Å². The highest BCUT2D eigenvalue weighted by atomic mass is 14.8. The van der Waals surface area contributed by atoms with Crippen molar-refractivity contribution in [3.8, 4) is 11.3 Å². The molecule has 0 unspecified atom stereocenters. The molecule has 0 aliphatic heterocycles. The Kier molecular flexibility index (Phi) is 3.16. The molecule has 3 heterocycles. The molecule has 0 aliphatic rings. The summed E-state index contributed by atoms with van der Waals surface area (Å²) in [7, 11) is 0. The van der Waals surface area contributed by atoms with Crippen molar-refractivity contribution in [2.24, 2.45) is 5.73 Å². The lowest BCUT2D eigenvalue weighted by molar-refractivity contribution is 0.929. The molecule has 19 heavy (non-hydrogen) atoms. The van der Waals surface area contributed by atoms with Crippen LogP contribution in [-0.4, -0.2) is 21.5 Å². The number of hydrogen-bond donors (Lipinski definition) is 1. The number of aromatic nitrogens is 3. The number of nitrogens with zero attached hydrogens (tertiary/aromatic N) is 3. The highest BCUT2D eigenvalue weighted by Gasteiger charge is 2.09. The largest absolute Gasteiger partial charge is 0.330 e. The van der Waals surface area contributed by atoms with Crippen molar-refractivity contribution < 1.29 is 0 Å². The molecule has 0 amide bonds. The van der Waals surface area contributed by atoms with Gasteiger partial charge < -0.3 is 5.73 Å². The van der Waals surface area contributed by atoms with Crippen LogP contribution < -0.4 is 5.73 Å². The van der Waals surface area contributed by atoms with E-state index in [1.165, 1.54) is 0 Å². The standard InChI is InChI=1S/C15H14N4/c16-7-6-14-12(13-5-1-2-8-17-13)10-11-4-3-9-18-15(11)19-14/h1-5,8-10H,6-7,16H2. The van der Waals surface area contributed by atoms with E-state index in [1.807, 2.05) is 30.3 Å². The maximum Gasteiger partial charge on any atom is 0.159 e. The van der Waals surface area contributed by atoms with Gasteiger partial charge >= 0.3 is 0 Å². The van der Waals surface area contributed by atoms with Crippen molar-refractivity contribution in [3.63, 3.8) is 0 Å². The van der Waals surface area contributed by atoms with Gasteiger partial charge in [-0.2, -0.15) is 0 Å². The number of fused-ring (bicyclic) bond motifs is 1. The minimum Gasteiger partial charge on any atom is -0.330 e. The molecule has 0 radical (unpaired) electrons. The lowest BCUT2D eigenvalue weighted by Crippen LogP contribution is -2.07. The van der Waals surface area contributed by atoms with E-state index >= 15 is 0 Å². The van der Waals surface area contributed by atoms with Crippen molar-refractivity contribution in [2.45, 2.75) is 6.42 Å². The summed E-state index contributed by atoms with van der Waals surface area (Å²) in [6.45, 7) is 0.561. The molecule has 4 nitrogen and oxygen atoms in total. The fourth-order valence-electron chi connectivity index (χ4n) is 2.11. The number of hydrogen-bond acceptors (Lipinski definition) is 4. The first-order chi connectivity index (χ1) is 9.38. The molecule has 3 aromatic rings. The first-order valence-electron chi connectivity index (χ1n) is 6.24. The smallest absolute Gasteiger partial charge is 0.159 e. The molecule has 3 aromatic heterocycles. The number of rotatable bonds is 3. The highest BCUT2D eigenvalue weighted by Crippen LogP contribution is 2.24. The molecule has 0 spiro atoms. The Morgan fingerprint density at radius 1 is 1.00 bits per heavy atom. The van der Waals surface area contributed by atoms with Crippen LogP contribution in [0, 0.1) is 0 Å². The van der Waals surface area contributed by atoms with E-state index in [0.29, 0.717) is 6.54 Å². The first-order valence-corrected chi connectivity index (χ1v) is 6.24. The molecular weight excluding hydrogens is 236 g/mol. The van der Waals surface area contributed by atoms with Gasteiger partial charge in [-0.1, -0.05) is 6.07 Å². The minimum atomic E-state index is 0.561. The average molecular weight is 250 g/mol. The third-order valence-electron chi connectivity index (χ3n) is 2.99. The van der Waals surface area contributed by atoms with E-state index in [0.717, 1.165) is 34.4 Å². The molecule has 3 rings (SSSR count). The Labute approximate surface area is 111 Å². The Balaban J connectivity index is 2.23. The Bertz CT molecular complexity index is 695. The maximum atomic E-state index is 5.67. The van der Waals surface area contributed by atoms with Gasteiger partial charge in [0.05, 0.1) is 11.4 Å². The summed E-state index contributed by atoms with van der Waals surface area (Å²) in [5.74, 6) is 0. The number of pyridine rings is 3. The molecule has 4 heteroatoms. The molecule has 0 bridgehead atoms. The molecule has 0 saturated heterocycles. The quantitative estimate of drug-likeness (QED) is 0.774. The van der Waals surface area contributed by atoms with Gasteiger partial charge in [-0.15, -0.1) is 0 Å². The van der Waals surface area contributed by atoms with E-state index in [2.05, 4.69) is 21.0 Å². The predicted molar refractivity (Wildman–Crippen MR) is 75.5 cm³/mol. The van der Waals surface area contributed by atoms with E-state index in [-0.39, 0.29) is 0 Å². The van der Waals surface area contributed by atoms with Crippen LogP contribution in [0.15, 0.2) is 48.8 Å². The first kappa shape index (κ1) is 11.7. The summed E-state index contributed by atoms with van der Waals surface area (Å²) in [4.78, 5) is 13.3. The van der Waals surface area contributed by atoms with Crippen LogP contribution in [0.25, 0.3) is 22.3 Å². The van der Waals surface area contributed by atoms with Gasteiger partial charge in [-0.3, -0.25) is 4.98 Å². The molecule has 0 saturated carbocycles. The summed E-state index contributed by atoms with van der Waals surface area (Å²) in [5.41, 5.74) is 9.33. The molecule has 0 fully saturated rings. The second-order valence-corrected chi connectivity index (χ2v) is 4.29. The van der Waals surface area contributed by atoms with Gasteiger partial charge in [0.2, 0.25) is 0 Å². The van der Waals surface area contributed by atoms with E-state index < -0.39 is 0 Å². The van der Waals surface area contributed by atoms with Crippen molar-refractivity contribution in [1.82, 2.24) is 15.0 Å². The average Bonchev–Trinajstić information content (AvgIpc) is 2.48. The Hall–Kier alpha value is -2.33. The summed E-state index contributed by atoms with van der Waals surface area (Å²) < 4.78 is 0. The van der Waals surface area contributed by atoms with E-state index in [1.54, 1.807) is 12.4 Å². The molecule has 0 aromatic carbocycles. The monoisotopic (exact) mass is 250 g/mol. The summed E-state index contributed by atoms with van der Waals surface area (Å²) in [6, 6.07) is 11.9. The second kappa shape index (κ2) is 5.12. The van der Waals surface area contributed by atoms with Crippen molar-refractivity contribution in [2.75, 3.05) is 6.54 Å². The number of nitrogens with two attached hydrogens (primary N) is 1. The Morgan fingerprint density at radius 2 is 1.89 bits per heavy atom. The van der Waals surface area contributed by atoms with Crippen LogP contribution >= 0.6 is 0 Å². The van der Waals surface area contributed by atoms with Gasteiger partial charge in [0.1, 0.15) is 0 Å². The zero-order chi connectivity index (χ0) is 13.1. The van der Waals surface area contributed by atoms with Crippen LogP contribution in [0.1, 0.15) is 5.69 Å². The van der Waals surface area contributed by atoms with Gasteiger partial charge in [-0.25, -0.2) is 9.97 Å². The van der Waals surface area contributed by atoms with Gasteiger partial charge in [-0.05, 0) is 36.9 Å². The van der Waals surface area contributed by atoms with Crippen molar-refractivity contribution >= 4 is 11.0 Å². The van der Waals surface area contributed by atoms with Crippen molar-refractivity contribution in [3.05, 3.63) is 54.5 Å².